The van der Waals surface area contributed by atoms with Gasteiger partial charge in [0.25, 0.3) is 0 Å². The molecule has 148 valence electrons. The maximum absolute atomic E-state index is 4.41. The molecule has 0 spiro atoms. The fourth-order valence-electron chi connectivity index (χ4n) is 4.01. The van der Waals surface area contributed by atoms with Gasteiger partial charge < -0.3 is 15.2 Å². The third-order valence-electron chi connectivity index (χ3n) is 6.07. The second-order valence-electron chi connectivity index (χ2n) is 7.66. The van der Waals surface area contributed by atoms with E-state index in [2.05, 4.69) is 37.3 Å². The number of rotatable bonds is 7. The summed E-state index contributed by atoms with van der Waals surface area (Å²) in [5.74, 6) is 3.27. The summed E-state index contributed by atoms with van der Waals surface area (Å²) in [6.07, 6.45) is 12.3. The lowest BCUT2D eigenvalue weighted by Crippen LogP contribution is -2.46. The molecular weight excluding hydrogens is 439 g/mol. The van der Waals surface area contributed by atoms with E-state index in [0.717, 1.165) is 50.7 Å². The largest absolute Gasteiger partial charge is 0.356 e. The number of aliphatic imine (C=N–C) groups is 1. The Labute approximate surface area is 175 Å². The summed E-state index contributed by atoms with van der Waals surface area (Å²) in [4.78, 5) is 4.36. The number of hydrogen-bond acceptors (Lipinski definition) is 3. The van der Waals surface area contributed by atoms with Gasteiger partial charge in [-0.2, -0.15) is 0 Å². The Hall–Kier alpha value is -0.860. The highest BCUT2D eigenvalue weighted by atomic mass is 127. The van der Waals surface area contributed by atoms with E-state index in [1.165, 1.54) is 50.8 Å². The Morgan fingerprint density at radius 1 is 1.15 bits per heavy atom. The fourth-order valence-corrected chi connectivity index (χ4v) is 4.01. The molecule has 0 unspecified atom stereocenters. The van der Waals surface area contributed by atoms with Crippen molar-refractivity contribution in [2.75, 3.05) is 20.1 Å². The zero-order chi connectivity index (χ0) is 17.5. The van der Waals surface area contributed by atoms with Gasteiger partial charge in [0, 0.05) is 39.5 Å². The molecule has 2 N–H and O–H groups in total. The minimum Gasteiger partial charge on any atom is -0.356 e. The number of aromatic nitrogens is 3. The van der Waals surface area contributed by atoms with E-state index in [1.54, 1.807) is 0 Å². The lowest BCUT2D eigenvalue weighted by Gasteiger charge is -2.41. The quantitative estimate of drug-likeness (QED) is 0.276. The van der Waals surface area contributed by atoms with Gasteiger partial charge in [-0.3, -0.25) is 4.99 Å². The summed E-state index contributed by atoms with van der Waals surface area (Å²) in [6.45, 7) is 5.35. The lowest BCUT2D eigenvalue weighted by molar-refractivity contribution is 0.131. The van der Waals surface area contributed by atoms with Gasteiger partial charge in [-0.05, 0) is 43.9 Å². The molecule has 1 aliphatic heterocycles. The van der Waals surface area contributed by atoms with Crippen LogP contribution in [-0.4, -0.2) is 40.9 Å². The van der Waals surface area contributed by atoms with Crippen molar-refractivity contribution in [1.82, 2.24) is 25.4 Å². The van der Waals surface area contributed by atoms with Gasteiger partial charge in [-0.15, -0.1) is 34.2 Å². The highest BCUT2D eigenvalue weighted by Gasteiger charge is 2.34. The van der Waals surface area contributed by atoms with Crippen LogP contribution >= 0.6 is 24.0 Å². The number of hydrogen-bond donors (Lipinski definition) is 2. The molecule has 26 heavy (non-hydrogen) atoms. The first-order valence-electron chi connectivity index (χ1n) is 10.1. The fraction of sp³-hybridized carbons (Fsp3) is 0.842. The first kappa shape index (κ1) is 21.4. The summed E-state index contributed by atoms with van der Waals surface area (Å²) in [7, 11) is 1.85. The highest BCUT2D eigenvalue weighted by molar-refractivity contribution is 14.0. The maximum atomic E-state index is 4.41. The van der Waals surface area contributed by atoms with Crippen LogP contribution in [0.1, 0.15) is 69.9 Å². The normalized spacial score (nSPS) is 18.9. The SMILES string of the molecule is CCC1(CNC(=NC)NCCCc2nnc3n2CCCCC3)CCC1.I. The predicted octanol–water partition coefficient (Wildman–Crippen LogP) is 3.30. The van der Waals surface area contributed by atoms with Crippen LogP contribution in [0, 0.1) is 5.41 Å². The molecule has 6 nitrogen and oxygen atoms in total. The molecule has 1 fully saturated rings. The molecule has 0 amide bonds. The smallest absolute Gasteiger partial charge is 0.190 e. The molecule has 7 heteroatoms. The predicted molar refractivity (Wildman–Crippen MR) is 117 cm³/mol. The molecule has 1 aromatic rings. The summed E-state index contributed by atoms with van der Waals surface area (Å²) < 4.78 is 2.35. The minimum absolute atomic E-state index is 0. The second kappa shape index (κ2) is 10.5. The summed E-state index contributed by atoms with van der Waals surface area (Å²) in [5.41, 5.74) is 0.511. The third-order valence-corrected chi connectivity index (χ3v) is 6.07. The first-order valence-corrected chi connectivity index (χ1v) is 10.1. The lowest BCUT2D eigenvalue weighted by atomic mass is 9.67. The average Bonchev–Trinajstić information content (AvgIpc) is 2.82. The Morgan fingerprint density at radius 2 is 2.00 bits per heavy atom. The number of halogens is 1. The van der Waals surface area contributed by atoms with Crippen molar-refractivity contribution in [1.29, 1.82) is 0 Å². The zero-order valence-corrected chi connectivity index (χ0v) is 18.7. The van der Waals surface area contributed by atoms with Crippen molar-refractivity contribution in [3.8, 4) is 0 Å². The molecular formula is C19H35IN6. The van der Waals surface area contributed by atoms with Crippen LogP contribution in [-0.2, 0) is 19.4 Å². The minimum atomic E-state index is 0. The van der Waals surface area contributed by atoms with Gasteiger partial charge in [0.1, 0.15) is 11.6 Å². The second-order valence-corrected chi connectivity index (χ2v) is 7.66. The van der Waals surface area contributed by atoms with Crippen molar-refractivity contribution in [3.63, 3.8) is 0 Å². The van der Waals surface area contributed by atoms with Crippen molar-refractivity contribution in [2.24, 2.45) is 10.4 Å². The van der Waals surface area contributed by atoms with E-state index < -0.39 is 0 Å². The number of aryl methyl sites for hydroxylation is 2. The first-order chi connectivity index (χ1) is 12.3. The number of fused-ring (bicyclic) bond motifs is 1. The van der Waals surface area contributed by atoms with E-state index in [0.29, 0.717) is 5.41 Å². The monoisotopic (exact) mass is 474 g/mol. The van der Waals surface area contributed by atoms with E-state index in [9.17, 15) is 0 Å². The molecule has 2 heterocycles. The van der Waals surface area contributed by atoms with Crippen molar-refractivity contribution >= 4 is 29.9 Å². The third kappa shape index (κ3) is 5.33. The molecule has 0 saturated heterocycles. The van der Waals surface area contributed by atoms with Crippen LogP contribution in [0.4, 0.5) is 0 Å². The Balaban J connectivity index is 0.00000243. The molecule has 2 aliphatic rings. The van der Waals surface area contributed by atoms with E-state index in [4.69, 9.17) is 0 Å². The molecule has 0 aromatic carbocycles. The van der Waals surface area contributed by atoms with E-state index in [-0.39, 0.29) is 24.0 Å². The van der Waals surface area contributed by atoms with Crippen molar-refractivity contribution in [2.45, 2.75) is 77.7 Å². The van der Waals surface area contributed by atoms with Gasteiger partial charge in [-0.25, -0.2) is 0 Å². The Bertz CT molecular complexity index is 573. The molecule has 0 bridgehead atoms. The van der Waals surface area contributed by atoms with Crippen LogP contribution in [0.3, 0.4) is 0 Å². The standard InChI is InChI=1S/C19H34N6.HI/c1-3-19(11-8-12-19)15-22-18(20-2)21-13-7-10-17-24-23-16-9-5-4-6-14-25(16)17;/h3-15H2,1-2H3,(H2,20,21,22);1H. The molecule has 0 radical (unpaired) electrons. The van der Waals surface area contributed by atoms with Crippen LogP contribution in [0.15, 0.2) is 4.99 Å². The van der Waals surface area contributed by atoms with Gasteiger partial charge in [0.2, 0.25) is 0 Å². The summed E-state index contributed by atoms with van der Waals surface area (Å²) in [6, 6.07) is 0. The van der Waals surface area contributed by atoms with Crippen LogP contribution < -0.4 is 10.6 Å². The van der Waals surface area contributed by atoms with E-state index >= 15 is 0 Å². The Morgan fingerprint density at radius 3 is 2.69 bits per heavy atom. The number of guanidine groups is 1. The van der Waals surface area contributed by atoms with Crippen molar-refractivity contribution < 1.29 is 0 Å². The van der Waals surface area contributed by atoms with Crippen molar-refractivity contribution in [3.05, 3.63) is 11.6 Å². The summed E-state index contributed by atoms with van der Waals surface area (Å²) in [5, 5.41) is 15.8. The van der Waals surface area contributed by atoms with Gasteiger partial charge in [0.05, 0.1) is 0 Å². The maximum Gasteiger partial charge on any atom is 0.190 e. The number of nitrogens with one attached hydrogen (secondary N) is 2. The average molecular weight is 474 g/mol. The topological polar surface area (TPSA) is 67.1 Å². The molecule has 1 aromatic heterocycles. The molecule has 1 aliphatic carbocycles. The van der Waals surface area contributed by atoms with Gasteiger partial charge in [0.15, 0.2) is 5.96 Å². The zero-order valence-electron chi connectivity index (χ0n) is 16.4. The molecule has 3 rings (SSSR count). The molecule has 0 atom stereocenters. The molecule has 1 saturated carbocycles. The highest BCUT2D eigenvalue weighted by Crippen LogP contribution is 2.42. The Kier molecular flexibility index (Phi) is 8.63. The van der Waals surface area contributed by atoms with Crippen LogP contribution in [0.2, 0.25) is 0 Å². The number of nitrogens with zero attached hydrogens (tertiary/aromatic N) is 4. The summed E-state index contributed by atoms with van der Waals surface area (Å²) >= 11 is 0. The van der Waals surface area contributed by atoms with Crippen LogP contribution in [0.5, 0.6) is 0 Å². The van der Waals surface area contributed by atoms with Gasteiger partial charge >= 0.3 is 0 Å². The van der Waals surface area contributed by atoms with Crippen LogP contribution in [0.25, 0.3) is 0 Å². The van der Waals surface area contributed by atoms with Gasteiger partial charge in [-0.1, -0.05) is 19.8 Å². The van der Waals surface area contributed by atoms with E-state index in [1.807, 2.05) is 7.05 Å².